The van der Waals surface area contributed by atoms with E-state index in [1.54, 1.807) is 0 Å². The predicted octanol–water partition coefficient (Wildman–Crippen LogP) is 1.88. The molecule has 2 amide bonds. The van der Waals surface area contributed by atoms with Gasteiger partial charge < -0.3 is 20.2 Å². The minimum absolute atomic E-state index is 0.0971. The van der Waals surface area contributed by atoms with Crippen molar-refractivity contribution in [2.75, 3.05) is 44.7 Å². The molecule has 5 nitrogen and oxygen atoms in total. The Morgan fingerprint density at radius 1 is 1.48 bits per heavy atom. The monoisotopic (exact) mass is 327 g/mol. The average Bonchev–Trinajstić information content (AvgIpc) is 2.53. The SMILES string of the molecule is CN1CC[C@@H](CNC(=O)N(CCO)CC(F)F)c2ccccc21. The van der Waals surface area contributed by atoms with E-state index >= 15 is 0 Å². The Kier molecular flexibility index (Phi) is 6.15. The highest BCUT2D eigenvalue weighted by atomic mass is 19.3. The molecule has 2 N–H and O–H groups in total. The Bertz CT molecular complexity index is 528. The van der Waals surface area contributed by atoms with E-state index in [1.807, 2.05) is 31.3 Å². The number of amides is 2. The zero-order valence-corrected chi connectivity index (χ0v) is 13.2. The second kappa shape index (κ2) is 8.10. The lowest BCUT2D eigenvalue weighted by atomic mass is 9.90. The molecule has 2 rings (SSSR count). The van der Waals surface area contributed by atoms with Gasteiger partial charge in [0.05, 0.1) is 13.2 Å². The molecule has 0 fully saturated rings. The summed E-state index contributed by atoms with van der Waals surface area (Å²) in [5, 5.41) is 11.6. The molecule has 128 valence electrons. The van der Waals surface area contributed by atoms with Crippen LogP contribution in [0.1, 0.15) is 17.9 Å². The molecule has 0 aliphatic carbocycles. The van der Waals surface area contributed by atoms with Gasteiger partial charge in [0.15, 0.2) is 0 Å². The molecular weight excluding hydrogens is 304 g/mol. The number of anilines is 1. The van der Waals surface area contributed by atoms with Crippen molar-refractivity contribution >= 4 is 11.7 Å². The molecule has 1 atom stereocenters. The number of carbonyl (C=O) groups is 1. The van der Waals surface area contributed by atoms with Crippen molar-refractivity contribution in [2.24, 2.45) is 0 Å². The lowest BCUT2D eigenvalue weighted by molar-refractivity contribution is 0.0902. The Hall–Kier alpha value is -1.89. The summed E-state index contributed by atoms with van der Waals surface area (Å²) in [5.41, 5.74) is 2.29. The van der Waals surface area contributed by atoms with Gasteiger partial charge in [0.1, 0.15) is 0 Å². The number of nitrogens with one attached hydrogen (secondary N) is 1. The van der Waals surface area contributed by atoms with Gasteiger partial charge in [0, 0.05) is 38.3 Å². The third kappa shape index (κ3) is 4.54. The molecule has 0 spiro atoms. The molecule has 1 aromatic carbocycles. The molecule has 0 saturated carbocycles. The van der Waals surface area contributed by atoms with E-state index in [4.69, 9.17) is 5.11 Å². The van der Waals surface area contributed by atoms with E-state index in [9.17, 15) is 13.6 Å². The molecule has 0 unspecified atom stereocenters. The molecule has 23 heavy (non-hydrogen) atoms. The van der Waals surface area contributed by atoms with E-state index in [2.05, 4.69) is 10.2 Å². The molecule has 0 aromatic heterocycles. The van der Waals surface area contributed by atoms with E-state index < -0.39 is 19.0 Å². The number of carbonyl (C=O) groups excluding carboxylic acids is 1. The maximum atomic E-state index is 12.5. The van der Waals surface area contributed by atoms with Crippen LogP contribution >= 0.6 is 0 Å². The number of aliphatic hydroxyl groups is 1. The summed E-state index contributed by atoms with van der Waals surface area (Å²) in [6.07, 6.45) is -1.72. The second-order valence-corrected chi connectivity index (χ2v) is 5.71. The fourth-order valence-corrected chi connectivity index (χ4v) is 2.90. The van der Waals surface area contributed by atoms with Crippen molar-refractivity contribution in [3.63, 3.8) is 0 Å². The van der Waals surface area contributed by atoms with Crippen LogP contribution in [0.4, 0.5) is 19.3 Å². The number of benzene rings is 1. The highest BCUT2D eigenvalue weighted by Gasteiger charge is 2.24. The van der Waals surface area contributed by atoms with Crippen molar-refractivity contribution in [3.05, 3.63) is 29.8 Å². The second-order valence-electron chi connectivity index (χ2n) is 5.71. The van der Waals surface area contributed by atoms with Crippen molar-refractivity contribution in [1.82, 2.24) is 10.2 Å². The number of hydrogen-bond acceptors (Lipinski definition) is 3. The highest BCUT2D eigenvalue weighted by Crippen LogP contribution is 2.33. The first kappa shape index (κ1) is 17.5. The fraction of sp³-hybridized carbons (Fsp3) is 0.562. The van der Waals surface area contributed by atoms with E-state index in [0.29, 0.717) is 6.54 Å². The number of hydrogen-bond donors (Lipinski definition) is 2. The minimum atomic E-state index is -2.61. The van der Waals surface area contributed by atoms with Gasteiger partial charge in [0.25, 0.3) is 6.43 Å². The number of rotatable bonds is 6. The standard InChI is InChI=1S/C16H23F2N3O2/c1-20-7-6-12(13-4-2-3-5-14(13)20)10-19-16(23)21(8-9-22)11-15(17)18/h2-5,12,15,22H,6-11H2,1H3,(H,19,23)/t12-/m0/s1. The fourth-order valence-electron chi connectivity index (χ4n) is 2.90. The summed E-state index contributed by atoms with van der Waals surface area (Å²) >= 11 is 0. The number of para-hydroxylation sites is 1. The van der Waals surface area contributed by atoms with Crippen LogP contribution in [0.3, 0.4) is 0 Å². The van der Waals surface area contributed by atoms with Crippen LogP contribution in [0.25, 0.3) is 0 Å². The van der Waals surface area contributed by atoms with Gasteiger partial charge >= 0.3 is 6.03 Å². The van der Waals surface area contributed by atoms with Crippen LogP contribution in [-0.4, -0.2) is 62.3 Å². The number of fused-ring (bicyclic) bond motifs is 1. The maximum Gasteiger partial charge on any atom is 0.317 e. The highest BCUT2D eigenvalue weighted by molar-refractivity contribution is 5.74. The summed E-state index contributed by atoms with van der Waals surface area (Å²) in [7, 11) is 2.03. The Balaban J connectivity index is 1.97. The first-order chi connectivity index (χ1) is 11.0. The van der Waals surface area contributed by atoms with Crippen LogP contribution in [0, 0.1) is 0 Å². The Morgan fingerprint density at radius 3 is 2.91 bits per heavy atom. The van der Waals surface area contributed by atoms with Crippen LogP contribution in [0.2, 0.25) is 0 Å². The molecule has 1 heterocycles. The Labute approximate surface area is 134 Å². The van der Waals surface area contributed by atoms with Crippen LogP contribution in [0.5, 0.6) is 0 Å². The van der Waals surface area contributed by atoms with Crippen LogP contribution < -0.4 is 10.2 Å². The van der Waals surface area contributed by atoms with E-state index in [1.165, 1.54) is 0 Å². The van der Waals surface area contributed by atoms with Gasteiger partial charge in [-0.05, 0) is 18.1 Å². The smallest absolute Gasteiger partial charge is 0.317 e. The summed E-state index contributed by atoms with van der Waals surface area (Å²) in [4.78, 5) is 15.2. The van der Waals surface area contributed by atoms with Gasteiger partial charge in [-0.25, -0.2) is 13.6 Å². The summed E-state index contributed by atoms with van der Waals surface area (Å²) in [6.45, 7) is 0.178. The largest absolute Gasteiger partial charge is 0.395 e. The number of nitrogens with zero attached hydrogens (tertiary/aromatic N) is 2. The number of alkyl halides is 2. The molecule has 0 radical (unpaired) electrons. The Morgan fingerprint density at radius 2 is 2.22 bits per heavy atom. The van der Waals surface area contributed by atoms with Gasteiger partial charge in [-0.15, -0.1) is 0 Å². The topological polar surface area (TPSA) is 55.8 Å². The predicted molar refractivity (Wildman–Crippen MR) is 85.1 cm³/mol. The lowest BCUT2D eigenvalue weighted by Crippen LogP contribution is -2.45. The van der Waals surface area contributed by atoms with Gasteiger partial charge in [-0.2, -0.15) is 0 Å². The quantitative estimate of drug-likeness (QED) is 0.839. The average molecular weight is 327 g/mol. The van der Waals surface area contributed by atoms with E-state index in [-0.39, 0.29) is 19.1 Å². The van der Waals surface area contributed by atoms with Gasteiger partial charge in [-0.1, -0.05) is 18.2 Å². The number of urea groups is 1. The zero-order chi connectivity index (χ0) is 16.8. The zero-order valence-electron chi connectivity index (χ0n) is 13.2. The summed E-state index contributed by atoms with van der Waals surface area (Å²) < 4.78 is 25.0. The van der Waals surface area contributed by atoms with E-state index in [0.717, 1.165) is 29.1 Å². The molecule has 1 aliphatic heterocycles. The lowest BCUT2D eigenvalue weighted by Gasteiger charge is -2.33. The molecule has 0 bridgehead atoms. The summed E-state index contributed by atoms with van der Waals surface area (Å²) in [6, 6.07) is 7.45. The first-order valence-electron chi connectivity index (χ1n) is 7.74. The molecule has 0 saturated heterocycles. The maximum absolute atomic E-state index is 12.5. The number of halogens is 2. The van der Waals surface area contributed by atoms with Crippen molar-refractivity contribution in [1.29, 1.82) is 0 Å². The van der Waals surface area contributed by atoms with Gasteiger partial charge in [0.2, 0.25) is 0 Å². The van der Waals surface area contributed by atoms with Gasteiger partial charge in [-0.3, -0.25) is 0 Å². The normalized spacial score (nSPS) is 17.1. The molecule has 7 heteroatoms. The molecule has 1 aromatic rings. The van der Waals surface area contributed by atoms with Crippen molar-refractivity contribution in [2.45, 2.75) is 18.8 Å². The van der Waals surface area contributed by atoms with Crippen LogP contribution in [-0.2, 0) is 0 Å². The van der Waals surface area contributed by atoms with Crippen LogP contribution in [0.15, 0.2) is 24.3 Å². The van der Waals surface area contributed by atoms with Crippen molar-refractivity contribution < 1.29 is 18.7 Å². The summed E-state index contributed by atoms with van der Waals surface area (Å²) in [5.74, 6) is 0.161. The minimum Gasteiger partial charge on any atom is -0.395 e. The number of aliphatic hydroxyl groups excluding tert-OH is 1. The third-order valence-electron chi connectivity index (χ3n) is 4.12. The molecular formula is C16H23F2N3O2. The first-order valence-corrected chi connectivity index (χ1v) is 7.74. The van der Waals surface area contributed by atoms with Crippen molar-refractivity contribution in [3.8, 4) is 0 Å². The third-order valence-corrected chi connectivity index (χ3v) is 4.12. The molecule has 1 aliphatic rings.